The fourth-order valence-corrected chi connectivity index (χ4v) is 3.06. The average molecular weight is 348 g/mol. The number of ether oxygens (including phenoxy) is 2. The lowest BCUT2D eigenvalue weighted by Crippen LogP contribution is -2.45. The molecule has 1 unspecified atom stereocenters. The number of carbonyl (C=O) groups is 1. The summed E-state index contributed by atoms with van der Waals surface area (Å²) in [5, 5.41) is 0. The van der Waals surface area contributed by atoms with Gasteiger partial charge in [-0.25, -0.2) is 4.79 Å². The van der Waals surface area contributed by atoms with Crippen molar-refractivity contribution in [2.24, 2.45) is 11.7 Å². The smallest absolute Gasteiger partial charge is 0.410 e. The van der Waals surface area contributed by atoms with Crippen LogP contribution < -0.4 is 5.73 Å². The quantitative estimate of drug-likeness (QED) is 0.798. The molecule has 1 heterocycles. The van der Waals surface area contributed by atoms with Gasteiger partial charge in [0.2, 0.25) is 0 Å². The molecule has 1 fully saturated rings. The molecule has 0 aliphatic carbocycles. The highest BCUT2D eigenvalue weighted by Gasteiger charge is 2.29. The predicted octanol–water partition coefficient (Wildman–Crippen LogP) is 3.57. The summed E-state index contributed by atoms with van der Waals surface area (Å²) in [6.45, 7) is 8.42. The van der Waals surface area contributed by atoms with E-state index in [4.69, 9.17) is 15.2 Å². The SMILES string of the molecule is CC(C)(C)OC(=O)N1CCC(C(N)CCOCc2ccccc2)CC1. The Labute approximate surface area is 151 Å². The van der Waals surface area contributed by atoms with Gasteiger partial charge in [0.25, 0.3) is 0 Å². The Hall–Kier alpha value is -1.59. The second-order valence-corrected chi connectivity index (χ2v) is 7.80. The highest BCUT2D eigenvalue weighted by Crippen LogP contribution is 2.23. The zero-order valence-electron chi connectivity index (χ0n) is 15.7. The van der Waals surface area contributed by atoms with E-state index >= 15 is 0 Å². The normalized spacial score (nSPS) is 17.4. The maximum atomic E-state index is 12.1. The molecular weight excluding hydrogens is 316 g/mol. The van der Waals surface area contributed by atoms with E-state index in [1.165, 1.54) is 5.56 Å². The molecule has 2 rings (SSSR count). The van der Waals surface area contributed by atoms with Gasteiger partial charge >= 0.3 is 6.09 Å². The average Bonchev–Trinajstić information content (AvgIpc) is 2.58. The Morgan fingerprint density at radius 2 is 1.88 bits per heavy atom. The van der Waals surface area contributed by atoms with E-state index in [2.05, 4.69) is 12.1 Å². The van der Waals surface area contributed by atoms with Crippen LogP contribution in [0, 0.1) is 5.92 Å². The molecule has 1 aliphatic rings. The Morgan fingerprint density at radius 3 is 2.48 bits per heavy atom. The molecule has 1 aliphatic heterocycles. The molecule has 5 heteroatoms. The van der Waals surface area contributed by atoms with Crippen molar-refractivity contribution in [3.8, 4) is 0 Å². The van der Waals surface area contributed by atoms with Gasteiger partial charge in [-0.15, -0.1) is 0 Å². The number of likely N-dealkylation sites (tertiary alicyclic amines) is 1. The fourth-order valence-electron chi connectivity index (χ4n) is 3.06. The van der Waals surface area contributed by atoms with Crippen LogP contribution in [-0.4, -0.2) is 42.3 Å². The molecule has 0 spiro atoms. The number of rotatable bonds is 6. The molecule has 1 atom stereocenters. The summed E-state index contributed by atoms with van der Waals surface area (Å²) < 4.78 is 11.2. The van der Waals surface area contributed by atoms with Crippen molar-refractivity contribution in [2.45, 2.75) is 58.3 Å². The highest BCUT2D eigenvalue weighted by atomic mass is 16.6. The largest absolute Gasteiger partial charge is 0.444 e. The van der Waals surface area contributed by atoms with Gasteiger partial charge in [-0.3, -0.25) is 0 Å². The van der Waals surface area contributed by atoms with Gasteiger partial charge in [-0.2, -0.15) is 0 Å². The van der Waals surface area contributed by atoms with Crippen LogP contribution >= 0.6 is 0 Å². The van der Waals surface area contributed by atoms with Gasteiger partial charge in [0.1, 0.15) is 5.60 Å². The third kappa shape index (κ3) is 7.04. The summed E-state index contributed by atoms with van der Waals surface area (Å²) in [6, 6.07) is 10.3. The lowest BCUT2D eigenvalue weighted by atomic mass is 9.88. The molecule has 0 radical (unpaired) electrons. The first-order valence-corrected chi connectivity index (χ1v) is 9.20. The topological polar surface area (TPSA) is 64.8 Å². The zero-order valence-corrected chi connectivity index (χ0v) is 15.7. The second-order valence-electron chi connectivity index (χ2n) is 7.80. The van der Waals surface area contributed by atoms with E-state index in [1.54, 1.807) is 4.90 Å². The molecule has 140 valence electrons. The van der Waals surface area contributed by atoms with Crippen molar-refractivity contribution in [3.63, 3.8) is 0 Å². The van der Waals surface area contributed by atoms with Crippen LogP contribution in [0.1, 0.15) is 45.6 Å². The first-order chi connectivity index (χ1) is 11.8. The lowest BCUT2D eigenvalue weighted by molar-refractivity contribution is 0.0166. The van der Waals surface area contributed by atoms with Gasteiger partial charge in [0, 0.05) is 25.7 Å². The van der Waals surface area contributed by atoms with Crippen LogP contribution in [0.15, 0.2) is 30.3 Å². The Morgan fingerprint density at radius 1 is 1.24 bits per heavy atom. The summed E-state index contributed by atoms with van der Waals surface area (Å²) in [5.74, 6) is 0.444. The molecule has 1 aromatic carbocycles. The summed E-state index contributed by atoms with van der Waals surface area (Å²) in [4.78, 5) is 13.9. The maximum absolute atomic E-state index is 12.1. The molecule has 1 saturated heterocycles. The van der Waals surface area contributed by atoms with Crippen LogP contribution in [-0.2, 0) is 16.1 Å². The van der Waals surface area contributed by atoms with E-state index in [1.807, 2.05) is 39.0 Å². The highest BCUT2D eigenvalue weighted by molar-refractivity contribution is 5.68. The monoisotopic (exact) mass is 348 g/mol. The van der Waals surface area contributed by atoms with E-state index in [-0.39, 0.29) is 12.1 Å². The summed E-state index contributed by atoms with van der Waals surface area (Å²) in [7, 11) is 0. The number of nitrogens with zero attached hydrogens (tertiary/aromatic N) is 1. The molecule has 0 saturated carbocycles. The van der Waals surface area contributed by atoms with Crippen LogP contribution in [0.4, 0.5) is 4.79 Å². The second kappa shape index (κ2) is 9.20. The number of piperidine rings is 1. The van der Waals surface area contributed by atoms with Gasteiger partial charge in [0.05, 0.1) is 6.61 Å². The maximum Gasteiger partial charge on any atom is 0.410 e. The third-order valence-corrected chi connectivity index (χ3v) is 4.50. The Kier molecular flexibility index (Phi) is 7.26. The first kappa shape index (κ1) is 19.7. The zero-order chi connectivity index (χ0) is 18.3. The summed E-state index contributed by atoms with van der Waals surface area (Å²) in [5.41, 5.74) is 7.07. The first-order valence-electron chi connectivity index (χ1n) is 9.20. The van der Waals surface area contributed by atoms with E-state index in [9.17, 15) is 4.79 Å². The number of hydrogen-bond donors (Lipinski definition) is 1. The van der Waals surface area contributed by atoms with E-state index < -0.39 is 5.60 Å². The fraction of sp³-hybridized carbons (Fsp3) is 0.650. The molecule has 1 amide bonds. The number of hydrogen-bond acceptors (Lipinski definition) is 4. The van der Waals surface area contributed by atoms with Crippen LogP contribution in [0.2, 0.25) is 0 Å². The Balaban J connectivity index is 1.63. The molecule has 1 aromatic rings. The van der Waals surface area contributed by atoms with E-state index in [0.29, 0.717) is 19.1 Å². The van der Waals surface area contributed by atoms with Crippen molar-refractivity contribution < 1.29 is 14.3 Å². The Bertz CT molecular complexity index is 519. The minimum absolute atomic E-state index is 0.122. The van der Waals surface area contributed by atoms with Crippen molar-refractivity contribution in [1.29, 1.82) is 0 Å². The third-order valence-electron chi connectivity index (χ3n) is 4.50. The molecule has 2 N–H and O–H groups in total. The van der Waals surface area contributed by atoms with Crippen molar-refractivity contribution >= 4 is 6.09 Å². The number of carbonyl (C=O) groups excluding carboxylic acids is 1. The van der Waals surface area contributed by atoms with E-state index in [0.717, 1.165) is 32.4 Å². The van der Waals surface area contributed by atoms with Crippen molar-refractivity contribution in [1.82, 2.24) is 4.90 Å². The molecule has 25 heavy (non-hydrogen) atoms. The van der Waals surface area contributed by atoms with Gasteiger partial charge < -0.3 is 20.1 Å². The van der Waals surface area contributed by atoms with Crippen LogP contribution in [0.25, 0.3) is 0 Å². The summed E-state index contributed by atoms with van der Waals surface area (Å²) >= 11 is 0. The molecule has 0 bridgehead atoms. The molecular formula is C20H32N2O3. The number of amides is 1. The van der Waals surface area contributed by atoms with Gasteiger partial charge in [-0.1, -0.05) is 30.3 Å². The van der Waals surface area contributed by atoms with Gasteiger partial charge in [-0.05, 0) is 51.5 Å². The number of benzene rings is 1. The minimum Gasteiger partial charge on any atom is -0.444 e. The lowest BCUT2D eigenvalue weighted by Gasteiger charge is -2.35. The molecule has 5 nitrogen and oxygen atoms in total. The molecule has 0 aromatic heterocycles. The standard InChI is InChI=1S/C20H32N2O3/c1-20(2,3)25-19(23)22-12-9-17(10-13-22)18(21)11-14-24-15-16-7-5-4-6-8-16/h4-8,17-18H,9-15,21H2,1-3H3. The van der Waals surface area contributed by atoms with Gasteiger partial charge in [0.15, 0.2) is 0 Å². The van der Waals surface area contributed by atoms with Crippen LogP contribution in [0.3, 0.4) is 0 Å². The minimum atomic E-state index is -0.444. The van der Waals surface area contributed by atoms with Crippen molar-refractivity contribution in [3.05, 3.63) is 35.9 Å². The van der Waals surface area contributed by atoms with Crippen LogP contribution in [0.5, 0.6) is 0 Å². The number of nitrogens with two attached hydrogens (primary N) is 1. The summed E-state index contributed by atoms with van der Waals surface area (Å²) in [6.07, 6.45) is 2.49. The van der Waals surface area contributed by atoms with Crippen molar-refractivity contribution in [2.75, 3.05) is 19.7 Å². The predicted molar refractivity (Wildman–Crippen MR) is 99.2 cm³/mol.